The number of ketones is 2. The van der Waals surface area contributed by atoms with Crippen LogP contribution in [0.25, 0.3) is 5.76 Å². The summed E-state index contributed by atoms with van der Waals surface area (Å²) in [6.07, 6.45) is 4.78. The minimum absolute atomic E-state index is 0.0424. The predicted octanol–water partition coefficient (Wildman–Crippen LogP) is 5.17. The first-order chi connectivity index (χ1) is 22.1. The highest BCUT2D eigenvalue weighted by molar-refractivity contribution is 6.26. The topological polar surface area (TPSA) is 126 Å². The Morgan fingerprint density at radius 2 is 1.70 bits per heavy atom. The molecular formula is C34H43F2N3O7. The van der Waals surface area contributed by atoms with Crippen LogP contribution in [0, 0.1) is 23.5 Å². The quantitative estimate of drug-likeness (QED) is 0.250. The lowest BCUT2D eigenvalue weighted by molar-refractivity contribution is -0.142. The predicted molar refractivity (Wildman–Crippen MR) is 164 cm³/mol. The Labute approximate surface area is 267 Å². The summed E-state index contributed by atoms with van der Waals surface area (Å²) in [5.74, 6) is -6.24. The van der Waals surface area contributed by atoms with E-state index < -0.39 is 52.4 Å². The zero-order chi connectivity index (χ0) is 32.9. The van der Waals surface area contributed by atoms with Gasteiger partial charge in [0, 0.05) is 29.2 Å². The van der Waals surface area contributed by atoms with E-state index in [1.165, 1.54) is 0 Å². The van der Waals surface area contributed by atoms with Crippen molar-refractivity contribution in [1.29, 1.82) is 0 Å². The number of carbonyl (C=O) groups is 2. The van der Waals surface area contributed by atoms with Crippen LogP contribution in [0.15, 0.2) is 10.1 Å². The molecule has 4 aliphatic rings. The molecule has 3 aliphatic carbocycles. The summed E-state index contributed by atoms with van der Waals surface area (Å²) < 4.78 is 49.8. The van der Waals surface area contributed by atoms with Gasteiger partial charge in [-0.3, -0.25) is 19.4 Å². The van der Waals surface area contributed by atoms with Crippen molar-refractivity contribution in [2.75, 3.05) is 40.4 Å². The first kappa shape index (κ1) is 32.6. The SMILES string of the molecule is CCCCOc1noc2c1C(=O)[C@@]1(O)C(=O)C3=C(O)c4c(c(F)c(CN5CCCC5)c(F)c4OCCCC)C[C@H]3C[C@H]1[C@@H]2N(C)C. The maximum atomic E-state index is 16.4. The average Bonchev–Trinajstić information content (AvgIpc) is 3.69. The van der Waals surface area contributed by atoms with E-state index in [0.717, 1.165) is 38.8 Å². The van der Waals surface area contributed by atoms with Crippen molar-refractivity contribution in [1.82, 2.24) is 15.0 Å². The second-order valence-electron chi connectivity index (χ2n) is 13.2. The second-order valence-corrected chi connectivity index (χ2v) is 13.2. The van der Waals surface area contributed by atoms with Gasteiger partial charge in [-0.25, -0.2) is 8.78 Å². The van der Waals surface area contributed by atoms with Crippen LogP contribution in [-0.4, -0.2) is 82.7 Å². The molecule has 1 saturated carbocycles. The number of unbranched alkanes of at least 4 members (excludes halogenated alkanes) is 2. The Hall–Kier alpha value is -3.35. The third-order valence-corrected chi connectivity index (χ3v) is 10.1. The normalized spacial score (nSPS) is 25.9. The lowest BCUT2D eigenvalue weighted by atomic mass is 9.57. The lowest BCUT2D eigenvalue weighted by Crippen LogP contribution is -2.63. The maximum absolute atomic E-state index is 16.4. The molecule has 46 heavy (non-hydrogen) atoms. The molecule has 0 unspecified atom stereocenters. The molecule has 10 nitrogen and oxygen atoms in total. The Morgan fingerprint density at radius 3 is 2.35 bits per heavy atom. The van der Waals surface area contributed by atoms with Gasteiger partial charge in [-0.05, 0) is 76.8 Å². The van der Waals surface area contributed by atoms with Crippen molar-refractivity contribution < 1.29 is 42.6 Å². The van der Waals surface area contributed by atoms with Gasteiger partial charge in [0.15, 0.2) is 22.9 Å². The van der Waals surface area contributed by atoms with Crippen LogP contribution in [-0.2, 0) is 17.8 Å². The highest BCUT2D eigenvalue weighted by atomic mass is 19.1. The molecule has 4 atom stereocenters. The molecule has 1 aromatic carbocycles. The number of nitrogens with zero attached hydrogens (tertiary/aromatic N) is 3. The van der Waals surface area contributed by atoms with Gasteiger partial charge in [0.2, 0.25) is 11.6 Å². The van der Waals surface area contributed by atoms with Crippen LogP contribution < -0.4 is 9.47 Å². The largest absolute Gasteiger partial charge is 0.507 e. The zero-order valence-corrected chi connectivity index (χ0v) is 27.0. The van der Waals surface area contributed by atoms with E-state index in [-0.39, 0.29) is 77.8 Å². The Kier molecular flexibility index (Phi) is 8.99. The minimum atomic E-state index is -2.59. The summed E-state index contributed by atoms with van der Waals surface area (Å²) in [4.78, 5) is 32.3. The fraction of sp³-hybridized carbons (Fsp3) is 0.618. The number of aromatic nitrogens is 1. The number of ether oxygens (including phenoxy) is 2. The van der Waals surface area contributed by atoms with Crippen molar-refractivity contribution in [3.05, 3.63) is 45.2 Å². The van der Waals surface area contributed by atoms with E-state index in [0.29, 0.717) is 12.8 Å². The van der Waals surface area contributed by atoms with E-state index >= 15 is 8.78 Å². The fourth-order valence-corrected chi connectivity index (χ4v) is 7.70. The monoisotopic (exact) mass is 643 g/mol. The number of likely N-dealkylation sites (tertiary alicyclic amines) is 1. The van der Waals surface area contributed by atoms with Crippen LogP contribution in [0.2, 0.25) is 0 Å². The number of hydrogen-bond donors (Lipinski definition) is 2. The minimum Gasteiger partial charge on any atom is -0.507 e. The van der Waals surface area contributed by atoms with Crippen molar-refractivity contribution in [3.8, 4) is 11.6 Å². The number of benzene rings is 1. The zero-order valence-electron chi connectivity index (χ0n) is 27.0. The van der Waals surface area contributed by atoms with Gasteiger partial charge in [0.1, 0.15) is 17.1 Å². The number of fused-ring (bicyclic) bond motifs is 4. The standard InChI is InChI=1S/C34H43F2N3O7/c1-5-7-13-44-29-23-19(25(35)20(26(29)36)17-39-11-9-10-12-39)15-18-16-21-27(38(3)4)30-24(33(37-46-30)45-14-8-6-2)32(42)34(21,43)31(41)22(18)28(23)40/h18,21,27,40,43H,5-17H2,1-4H3/t18-,21-,27-,34-/m0/s1. The van der Waals surface area contributed by atoms with Gasteiger partial charge in [-0.1, -0.05) is 26.7 Å². The van der Waals surface area contributed by atoms with Gasteiger partial charge in [0.25, 0.3) is 5.88 Å². The molecule has 2 aromatic rings. The van der Waals surface area contributed by atoms with E-state index in [1.54, 1.807) is 19.0 Å². The maximum Gasteiger partial charge on any atom is 0.265 e. The van der Waals surface area contributed by atoms with Crippen LogP contribution in [0.4, 0.5) is 8.78 Å². The van der Waals surface area contributed by atoms with Gasteiger partial charge in [-0.15, -0.1) is 0 Å². The molecule has 1 saturated heterocycles. The number of halogens is 2. The Morgan fingerprint density at radius 1 is 1.02 bits per heavy atom. The number of aliphatic hydroxyl groups excluding tert-OH is 1. The van der Waals surface area contributed by atoms with E-state index in [9.17, 15) is 19.8 Å². The number of rotatable bonds is 11. The second kappa shape index (κ2) is 12.7. The van der Waals surface area contributed by atoms with Crippen LogP contribution >= 0.6 is 0 Å². The summed E-state index contributed by atoms with van der Waals surface area (Å²) in [6, 6.07) is -0.750. The van der Waals surface area contributed by atoms with Crippen LogP contribution in [0.3, 0.4) is 0 Å². The van der Waals surface area contributed by atoms with E-state index in [4.69, 9.17) is 14.0 Å². The molecule has 2 N–H and O–H groups in total. The van der Waals surface area contributed by atoms with Gasteiger partial charge in [0.05, 0.1) is 24.8 Å². The summed E-state index contributed by atoms with van der Waals surface area (Å²) in [7, 11) is 3.47. The Bertz CT molecular complexity index is 1560. The summed E-state index contributed by atoms with van der Waals surface area (Å²) in [6.45, 7) is 5.83. The molecule has 0 bridgehead atoms. The highest BCUT2D eigenvalue weighted by Gasteiger charge is 2.65. The molecule has 1 aliphatic heterocycles. The molecule has 2 fully saturated rings. The average molecular weight is 644 g/mol. The van der Waals surface area contributed by atoms with Crippen LogP contribution in [0.1, 0.15) is 97.6 Å². The molecular weight excluding hydrogens is 600 g/mol. The summed E-state index contributed by atoms with van der Waals surface area (Å²) in [5, 5.41) is 27.9. The summed E-state index contributed by atoms with van der Waals surface area (Å²) >= 11 is 0. The molecule has 0 radical (unpaired) electrons. The third-order valence-electron chi connectivity index (χ3n) is 10.1. The first-order valence-corrected chi connectivity index (χ1v) is 16.5. The van der Waals surface area contributed by atoms with Gasteiger partial charge < -0.3 is 24.2 Å². The molecule has 1 aromatic heterocycles. The number of hydrogen-bond acceptors (Lipinski definition) is 10. The highest BCUT2D eigenvalue weighted by Crippen LogP contribution is 2.56. The molecule has 0 amide bonds. The van der Waals surface area contributed by atoms with Crippen molar-refractivity contribution >= 4 is 17.3 Å². The fourth-order valence-electron chi connectivity index (χ4n) is 7.70. The molecule has 0 spiro atoms. The number of Topliss-reactive ketones (excluding diaryl/α,β-unsaturated/α-hetero) is 2. The first-order valence-electron chi connectivity index (χ1n) is 16.5. The number of aliphatic hydroxyl groups is 2. The molecule has 6 rings (SSSR count). The van der Waals surface area contributed by atoms with Crippen molar-refractivity contribution in [2.45, 2.75) is 83.4 Å². The van der Waals surface area contributed by atoms with Crippen molar-refractivity contribution in [2.24, 2.45) is 11.8 Å². The molecule has 12 heteroatoms. The Balaban J connectivity index is 1.48. The van der Waals surface area contributed by atoms with Crippen LogP contribution in [0.5, 0.6) is 11.6 Å². The molecule has 2 heterocycles. The van der Waals surface area contributed by atoms with Crippen molar-refractivity contribution in [3.63, 3.8) is 0 Å². The number of carbonyl (C=O) groups excluding carboxylic acids is 2. The van der Waals surface area contributed by atoms with E-state index in [1.807, 2.05) is 18.7 Å². The third kappa shape index (κ3) is 5.04. The van der Waals surface area contributed by atoms with Gasteiger partial charge >= 0.3 is 0 Å². The van der Waals surface area contributed by atoms with Gasteiger partial charge in [-0.2, -0.15) is 0 Å². The van der Waals surface area contributed by atoms with E-state index in [2.05, 4.69) is 5.16 Å². The summed E-state index contributed by atoms with van der Waals surface area (Å²) in [5.41, 5.74) is -3.20. The lowest BCUT2D eigenvalue weighted by Gasteiger charge is -2.49. The smallest absolute Gasteiger partial charge is 0.265 e. The molecule has 250 valence electrons.